The van der Waals surface area contributed by atoms with Crippen molar-refractivity contribution >= 4 is 30.7 Å². The highest BCUT2D eigenvalue weighted by atomic mass is 35.5. The maximum absolute atomic E-state index is 12.6. The number of rotatable bonds is 4. The van der Waals surface area contributed by atoms with Gasteiger partial charge in [-0.1, -0.05) is 49.6 Å². The second-order valence-electron chi connectivity index (χ2n) is 7.02. The van der Waals surface area contributed by atoms with Gasteiger partial charge in [0.05, 0.1) is 0 Å². The molecule has 2 N–H and O–H groups in total. The molecule has 2 aliphatic rings. The van der Waals surface area contributed by atoms with Crippen molar-refractivity contribution in [3.63, 3.8) is 0 Å². The minimum absolute atomic E-state index is 0. The van der Waals surface area contributed by atoms with E-state index >= 15 is 0 Å². The van der Waals surface area contributed by atoms with E-state index in [1.54, 1.807) is 0 Å². The van der Waals surface area contributed by atoms with Crippen LogP contribution in [0.5, 0.6) is 0 Å². The van der Waals surface area contributed by atoms with Crippen LogP contribution in [0.25, 0.3) is 0 Å². The van der Waals surface area contributed by atoms with Gasteiger partial charge in [0.15, 0.2) is 0 Å². The molecule has 1 unspecified atom stereocenters. The van der Waals surface area contributed by atoms with Gasteiger partial charge in [-0.3, -0.25) is 9.69 Å². The molecule has 1 saturated heterocycles. The van der Waals surface area contributed by atoms with E-state index in [0.717, 1.165) is 37.7 Å². The normalized spacial score (nSPS) is 20.3. The molecule has 1 aromatic carbocycles. The topological polar surface area (TPSA) is 49.6 Å². The summed E-state index contributed by atoms with van der Waals surface area (Å²) in [6.45, 7) is 4.82. The van der Waals surface area contributed by atoms with E-state index in [2.05, 4.69) is 4.90 Å². The average Bonchev–Trinajstić information content (AvgIpc) is 2.63. The summed E-state index contributed by atoms with van der Waals surface area (Å²) in [4.78, 5) is 17.1. The van der Waals surface area contributed by atoms with Gasteiger partial charge in [0.25, 0.3) is 0 Å². The number of amides is 1. The number of carbonyl (C=O) groups excluding carboxylic acids is 1. The Morgan fingerprint density at radius 1 is 1.00 bits per heavy atom. The largest absolute Gasteiger partial charge is 0.338 e. The van der Waals surface area contributed by atoms with Crippen LogP contribution in [0, 0.1) is 5.92 Å². The Labute approximate surface area is 163 Å². The smallest absolute Gasteiger partial charge is 0.244 e. The molecule has 2 fully saturated rings. The van der Waals surface area contributed by atoms with Crippen LogP contribution in [0.1, 0.15) is 43.7 Å². The van der Waals surface area contributed by atoms with Crippen molar-refractivity contribution in [2.45, 2.75) is 38.1 Å². The van der Waals surface area contributed by atoms with Gasteiger partial charge in [-0.2, -0.15) is 0 Å². The van der Waals surface area contributed by atoms with E-state index in [4.69, 9.17) is 5.73 Å². The summed E-state index contributed by atoms with van der Waals surface area (Å²) in [7, 11) is 0. The lowest BCUT2D eigenvalue weighted by Gasteiger charge is -2.38. The maximum atomic E-state index is 12.6. The van der Waals surface area contributed by atoms with E-state index in [-0.39, 0.29) is 30.7 Å². The average molecular weight is 388 g/mol. The van der Waals surface area contributed by atoms with Crippen molar-refractivity contribution in [1.29, 1.82) is 0 Å². The second kappa shape index (κ2) is 11.0. The fourth-order valence-electron chi connectivity index (χ4n) is 3.89. The standard InChI is InChI=1S/C19H29N3O.2ClH/c20-18(17-9-5-2-6-10-17)19(23)22-13-11-21(12-14-22)15-16-7-3-1-4-8-16;;/h2,5-6,9-10,16,18H,1,3-4,7-8,11-15,20H2;2*1H. The molecule has 0 aromatic heterocycles. The molecular formula is C19H31Cl2N3O. The zero-order valence-electron chi connectivity index (χ0n) is 14.8. The van der Waals surface area contributed by atoms with Crippen molar-refractivity contribution in [1.82, 2.24) is 9.80 Å². The lowest BCUT2D eigenvalue weighted by atomic mass is 9.89. The van der Waals surface area contributed by atoms with Crippen LogP contribution >= 0.6 is 24.8 Å². The van der Waals surface area contributed by atoms with Gasteiger partial charge in [-0.05, 0) is 24.3 Å². The fraction of sp³-hybridized carbons (Fsp3) is 0.632. The fourth-order valence-corrected chi connectivity index (χ4v) is 3.89. The Morgan fingerprint density at radius 3 is 2.20 bits per heavy atom. The molecule has 1 aliphatic carbocycles. The summed E-state index contributed by atoms with van der Waals surface area (Å²) in [5.41, 5.74) is 7.05. The van der Waals surface area contributed by atoms with Crippen molar-refractivity contribution in [3.8, 4) is 0 Å². The number of carbonyl (C=O) groups is 1. The number of nitrogens with two attached hydrogens (primary N) is 1. The molecule has 1 saturated carbocycles. The third-order valence-corrected chi connectivity index (χ3v) is 5.35. The third kappa shape index (κ3) is 6.14. The van der Waals surface area contributed by atoms with E-state index in [0.29, 0.717) is 0 Å². The Bertz CT molecular complexity index is 501. The first-order valence-electron chi connectivity index (χ1n) is 9.05. The van der Waals surface area contributed by atoms with Crippen LogP contribution in [0.15, 0.2) is 30.3 Å². The van der Waals surface area contributed by atoms with Crippen molar-refractivity contribution < 1.29 is 4.79 Å². The highest BCUT2D eigenvalue weighted by Crippen LogP contribution is 2.25. The zero-order valence-corrected chi connectivity index (χ0v) is 16.4. The van der Waals surface area contributed by atoms with Crippen LogP contribution in [0.3, 0.4) is 0 Å². The lowest BCUT2D eigenvalue weighted by molar-refractivity contribution is -0.134. The van der Waals surface area contributed by atoms with Gasteiger partial charge in [-0.15, -0.1) is 24.8 Å². The second-order valence-corrected chi connectivity index (χ2v) is 7.02. The SMILES string of the molecule is Cl.Cl.NC(C(=O)N1CCN(CC2CCCCC2)CC1)c1ccccc1. The van der Waals surface area contributed by atoms with Crippen LogP contribution < -0.4 is 5.73 Å². The van der Waals surface area contributed by atoms with Crippen LogP contribution in [-0.2, 0) is 4.79 Å². The molecule has 1 aromatic rings. The lowest BCUT2D eigenvalue weighted by Crippen LogP contribution is -2.51. The summed E-state index contributed by atoms with van der Waals surface area (Å²) in [5, 5.41) is 0. The molecule has 142 valence electrons. The molecule has 25 heavy (non-hydrogen) atoms. The highest BCUT2D eigenvalue weighted by molar-refractivity contribution is 5.85. The molecule has 4 nitrogen and oxygen atoms in total. The Kier molecular flexibility index (Phi) is 9.80. The maximum Gasteiger partial charge on any atom is 0.244 e. The van der Waals surface area contributed by atoms with E-state index in [9.17, 15) is 4.79 Å². The van der Waals surface area contributed by atoms with E-state index in [1.165, 1.54) is 38.6 Å². The van der Waals surface area contributed by atoms with Crippen LogP contribution in [0.4, 0.5) is 0 Å². The monoisotopic (exact) mass is 387 g/mol. The number of halogens is 2. The summed E-state index contributed by atoms with van der Waals surface area (Å²) >= 11 is 0. The van der Waals surface area contributed by atoms with Crippen molar-refractivity contribution in [2.75, 3.05) is 32.7 Å². The minimum atomic E-state index is -0.527. The first-order valence-corrected chi connectivity index (χ1v) is 9.05. The molecule has 0 spiro atoms. The predicted octanol–water partition coefficient (Wildman–Crippen LogP) is 3.25. The Balaban J connectivity index is 0.00000156. The number of piperazine rings is 1. The Hall–Kier alpha value is -0.810. The van der Waals surface area contributed by atoms with Crippen LogP contribution in [-0.4, -0.2) is 48.4 Å². The van der Waals surface area contributed by atoms with Gasteiger partial charge in [0.1, 0.15) is 6.04 Å². The number of hydrogen-bond donors (Lipinski definition) is 1. The molecule has 3 rings (SSSR count). The first kappa shape index (κ1) is 22.2. The molecule has 1 heterocycles. The van der Waals surface area contributed by atoms with Gasteiger partial charge in [0, 0.05) is 32.7 Å². The number of benzene rings is 1. The molecule has 0 bridgehead atoms. The molecular weight excluding hydrogens is 357 g/mol. The quantitative estimate of drug-likeness (QED) is 0.862. The van der Waals surface area contributed by atoms with Gasteiger partial charge >= 0.3 is 0 Å². The Morgan fingerprint density at radius 2 is 1.60 bits per heavy atom. The molecule has 6 heteroatoms. The zero-order chi connectivity index (χ0) is 16.1. The van der Waals surface area contributed by atoms with Gasteiger partial charge in [0.2, 0.25) is 5.91 Å². The summed E-state index contributed by atoms with van der Waals surface area (Å²) in [6.07, 6.45) is 6.98. The molecule has 1 amide bonds. The summed E-state index contributed by atoms with van der Waals surface area (Å²) < 4.78 is 0. The first-order chi connectivity index (χ1) is 11.2. The van der Waals surface area contributed by atoms with Crippen molar-refractivity contribution in [2.24, 2.45) is 11.7 Å². The highest BCUT2D eigenvalue weighted by Gasteiger charge is 2.27. The van der Waals surface area contributed by atoms with E-state index < -0.39 is 6.04 Å². The van der Waals surface area contributed by atoms with Crippen molar-refractivity contribution in [3.05, 3.63) is 35.9 Å². The molecule has 1 atom stereocenters. The predicted molar refractivity (Wildman–Crippen MR) is 107 cm³/mol. The van der Waals surface area contributed by atoms with E-state index in [1.807, 2.05) is 35.2 Å². The molecule has 0 radical (unpaired) electrons. The van der Waals surface area contributed by atoms with Gasteiger partial charge in [-0.25, -0.2) is 0 Å². The number of hydrogen-bond acceptors (Lipinski definition) is 3. The number of nitrogens with zero attached hydrogens (tertiary/aromatic N) is 2. The molecule has 1 aliphatic heterocycles. The summed E-state index contributed by atoms with van der Waals surface area (Å²) in [5.74, 6) is 0.936. The van der Waals surface area contributed by atoms with Gasteiger partial charge < -0.3 is 10.6 Å². The van der Waals surface area contributed by atoms with Crippen LogP contribution in [0.2, 0.25) is 0 Å². The minimum Gasteiger partial charge on any atom is -0.338 e. The summed E-state index contributed by atoms with van der Waals surface area (Å²) in [6, 6.07) is 9.16. The third-order valence-electron chi connectivity index (χ3n) is 5.35.